The third-order valence-electron chi connectivity index (χ3n) is 2.50. The molecule has 0 radical (unpaired) electrons. The highest BCUT2D eigenvalue weighted by molar-refractivity contribution is 5.25. The molecule has 2 heteroatoms. The van der Waals surface area contributed by atoms with Gasteiger partial charge in [0.25, 0.3) is 0 Å². The molecule has 1 atom stereocenters. The fourth-order valence-electron chi connectivity index (χ4n) is 1.83. The van der Waals surface area contributed by atoms with Crippen LogP contribution in [0.3, 0.4) is 0 Å². The van der Waals surface area contributed by atoms with E-state index in [1.54, 1.807) is 0 Å². The Balaban J connectivity index is 2.26. The van der Waals surface area contributed by atoms with Crippen molar-refractivity contribution in [3.63, 3.8) is 0 Å². The quantitative estimate of drug-likeness (QED) is 0.681. The Morgan fingerprint density at radius 1 is 1.58 bits per heavy atom. The Morgan fingerprint density at radius 2 is 2.50 bits per heavy atom. The van der Waals surface area contributed by atoms with E-state index in [-0.39, 0.29) is 0 Å². The number of rotatable bonds is 1. The molecule has 1 saturated heterocycles. The third-order valence-corrected chi connectivity index (χ3v) is 2.50. The Labute approximate surface area is 73.0 Å². The van der Waals surface area contributed by atoms with Gasteiger partial charge in [-0.2, -0.15) is 0 Å². The van der Waals surface area contributed by atoms with Crippen LogP contribution in [-0.4, -0.2) is 11.5 Å². The Kier molecular flexibility index (Phi) is 2.09. The van der Waals surface area contributed by atoms with Crippen LogP contribution in [0.4, 0.5) is 0 Å². The van der Waals surface area contributed by atoms with Crippen molar-refractivity contribution in [1.29, 1.82) is 0 Å². The van der Waals surface area contributed by atoms with Gasteiger partial charge in [-0.05, 0) is 43.5 Å². The molecule has 0 aromatic carbocycles. The first kappa shape index (κ1) is 7.74. The van der Waals surface area contributed by atoms with Crippen LogP contribution in [0.2, 0.25) is 0 Å². The third kappa shape index (κ3) is 1.34. The summed E-state index contributed by atoms with van der Waals surface area (Å²) in [5.74, 6) is 0. The minimum Gasteiger partial charge on any atom is -0.310 e. The SMILES string of the molecule is Cc1cnccc1[C@H]1CCCN1. The molecule has 2 nitrogen and oxygen atoms in total. The fraction of sp³-hybridized carbons (Fsp3) is 0.500. The lowest BCUT2D eigenvalue weighted by molar-refractivity contribution is 0.642. The minimum atomic E-state index is 0.577. The predicted octanol–water partition coefficient (Wildman–Crippen LogP) is 1.81. The summed E-state index contributed by atoms with van der Waals surface area (Å²) >= 11 is 0. The van der Waals surface area contributed by atoms with Gasteiger partial charge in [0.15, 0.2) is 0 Å². The molecule has 1 aliphatic heterocycles. The van der Waals surface area contributed by atoms with E-state index < -0.39 is 0 Å². The van der Waals surface area contributed by atoms with E-state index in [0.717, 1.165) is 6.54 Å². The number of hydrogen-bond acceptors (Lipinski definition) is 2. The molecule has 64 valence electrons. The van der Waals surface area contributed by atoms with Crippen LogP contribution in [-0.2, 0) is 0 Å². The average Bonchev–Trinajstić information content (AvgIpc) is 2.57. The number of hydrogen-bond donors (Lipinski definition) is 1. The van der Waals surface area contributed by atoms with Gasteiger partial charge >= 0.3 is 0 Å². The molecule has 1 aromatic rings. The average molecular weight is 162 g/mol. The first-order chi connectivity index (χ1) is 5.88. The van der Waals surface area contributed by atoms with E-state index >= 15 is 0 Å². The topological polar surface area (TPSA) is 24.9 Å². The van der Waals surface area contributed by atoms with Crippen molar-refractivity contribution < 1.29 is 0 Å². The summed E-state index contributed by atoms with van der Waals surface area (Å²) in [6, 6.07) is 2.70. The number of aryl methyl sites for hydroxylation is 1. The number of nitrogens with zero attached hydrogens (tertiary/aromatic N) is 1. The molecular formula is C10H14N2. The number of aromatic nitrogens is 1. The molecule has 2 heterocycles. The van der Waals surface area contributed by atoms with Crippen molar-refractivity contribution in [3.8, 4) is 0 Å². The second-order valence-corrected chi connectivity index (χ2v) is 3.38. The van der Waals surface area contributed by atoms with Crippen molar-refractivity contribution in [3.05, 3.63) is 29.6 Å². The number of pyridine rings is 1. The zero-order valence-corrected chi connectivity index (χ0v) is 7.38. The fourth-order valence-corrected chi connectivity index (χ4v) is 1.83. The highest BCUT2D eigenvalue weighted by Gasteiger charge is 2.16. The Hall–Kier alpha value is -0.890. The first-order valence-corrected chi connectivity index (χ1v) is 4.52. The van der Waals surface area contributed by atoms with Crippen molar-refractivity contribution in [1.82, 2.24) is 10.3 Å². The van der Waals surface area contributed by atoms with Crippen LogP contribution in [0.5, 0.6) is 0 Å². The van der Waals surface area contributed by atoms with Gasteiger partial charge in [-0.25, -0.2) is 0 Å². The van der Waals surface area contributed by atoms with Crippen LogP contribution in [0.1, 0.15) is 30.0 Å². The normalized spacial score (nSPS) is 22.9. The monoisotopic (exact) mass is 162 g/mol. The van der Waals surface area contributed by atoms with E-state index in [1.165, 1.54) is 24.0 Å². The molecule has 1 aromatic heterocycles. The lowest BCUT2D eigenvalue weighted by Crippen LogP contribution is -2.13. The largest absolute Gasteiger partial charge is 0.310 e. The summed E-state index contributed by atoms with van der Waals surface area (Å²) in [6.07, 6.45) is 6.38. The van der Waals surface area contributed by atoms with Gasteiger partial charge in [0.2, 0.25) is 0 Å². The van der Waals surface area contributed by atoms with E-state index in [1.807, 2.05) is 12.4 Å². The molecule has 0 amide bonds. The maximum Gasteiger partial charge on any atom is 0.0324 e. The maximum atomic E-state index is 4.09. The summed E-state index contributed by atoms with van der Waals surface area (Å²) in [6.45, 7) is 3.29. The second kappa shape index (κ2) is 3.23. The highest BCUT2D eigenvalue weighted by atomic mass is 14.9. The van der Waals surface area contributed by atoms with Crippen LogP contribution in [0.15, 0.2) is 18.5 Å². The zero-order chi connectivity index (χ0) is 8.39. The lowest BCUT2D eigenvalue weighted by atomic mass is 10.0. The molecule has 0 bridgehead atoms. The summed E-state index contributed by atoms with van der Waals surface area (Å²) in [7, 11) is 0. The van der Waals surface area contributed by atoms with Gasteiger partial charge in [-0.1, -0.05) is 0 Å². The summed E-state index contributed by atoms with van der Waals surface area (Å²) in [5, 5.41) is 3.49. The van der Waals surface area contributed by atoms with E-state index in [9.17, 15) is 0 Å². The number of nitrogens with one attached hydrogen (secondary N) is 1. The van der Waals surface area contributed by atoms with Crippen LogP contribution >= 0.6 is 0 Å². The standard InChI is InChI=1S/C10H14N2/c1-8-7-11-6-4-9(8)10-3-2-5-12-10/h4,6-7,10,12H,2-3,5H2,1H3/t10-/m1/s1. The van der Waals surface area contributed by atoms with Gasteiger partial charge in [0.1, 0.15) is 0 Å². The highest BCUT2D eigenvalue weighted by Crippen LogP contribution is 2.24. The maximum absolute atomic E-state index is 4.09. The Morgan fingerprint density at radius 3 is 3.17 bits per heavy atom. The van der Waals surface area contributed by atoms with Gasteiger partial charge in [-0.15, -0.1) is 0 Å². The molecule has 12 heavy (non-hydrogen) atoms. The minimum absolute atomic E-state index is 0.577. The van der Waals surface area contributed by atoms with Crippen molar-refractivity contribution in [2.45, 2.75) is 25.8 Å². The first-order valence-electron chi connectivity index (χ1n) is 4.52. The summed E-state index contributed by atoms with van der Waals surface area (Å²) < 4.78 is 0. The molecule has 0 unspecified atom stereocenters. The molecule has 1 N–H and O–H groups in total. The van der Waals surface area contributed by atoms with Gasteiger partial charge in [0.05, 0.1) is 0 Å². The second-order valence-electron chi connectivity index (χ2n) is 3.38. The van der Waals surface area contributed by atoms with Crippen LogP contribution < -0.4 is 5.32 Å². The predicted molar refractivity (Wildman–Crippen MR) is 49.0 cm³/mol. The van der Waals surface area contributed by atoms with Crippen molar-refractivity contribution in [2.75, 3.05) is 6.54 Å². The van der Waals surface area contributed by atoms with Gasteiger partial charge in [0, 0.05) is 18.4 Å². The molecule has 1 aliphatic rings. The van der Waals surface area contributed by atoms with E-state index in [0.29, 0.717) is 6.04 Å². The van der Waals surface area contributed by atoms with Gasteiger partial charge in [-0.3, -0.25) is 4.98 Å². The van der Waals surface area contributed by atoms with Crippen LogP contribution in [0, 0.1) is 6.92 Å². The van der Waals surface area contributed by atoms with Gasteiger partial charge < -0.3 is 5.32 Å². The molecule has 2 rings (SSSR count). The molecule has 1 fully saturated rings. The lowest BCUT2D eigenvalue weighted by Gasteiger charge is -2.12. The zero-order valence-electron chi connectivity index (χ0n) is 7.38. The van der Waals surface area contributed by atoms with E-state index in [2.05, 4.69) is 23.3 Å². The molecular weight excluding hydrogens is 148 g/mol. The van der Waals surface area contributed by atoms with Crippen molar-refractivity contribution in [2.24, 2.45) is 0 Å². The smallest absolute Gasteiger partial charge is 0.0324 e. The summed E-state index contributed by atoms with van der Waals surface area (Å²) in [4.78, 5) is 4.09. The molecule has 0 spiro atoms. The van der Waals surface area contributed by atoms with E-state index in [4.69, 9.17) is 0 Å². The molecule has 0 aliphatic carbocycles. The summed E-state index contributed by atoms with van der Waals surface area (Å²) in [5.41, 5.74) is 2.72. The van der Waals surface area contributed by atoms with Crippen LogP contribution in [0.25, 0.3) is 0 Å². The molecule has 0 saturated carbocycles. The van der Waals surface area contributed by atoms with Crippen molar-refractivity contribution >= 4 is 0 Å². The Bertz CT molecular complexity index is 264.